The maximum atomic E-state index is 11.8. The smallest absolute Gasteiger partial charge is 0.257 e. The molecule has 6 heteroatoms. The number of thiocarbonyl (C=S) groups is 1. The minimum Gasteiger partial charge on any atom is -0.317 e. The number of carbonyl (C=O) groups is 1. The number of halogens is 1. The largest absolute Gasteiger partial charge is 0.317 e. The molecule has 0 aliphatic carbocycles. The third kappa shape index (κ3) is 4.11. The summed E-state index contributed by atoms with van der Waals surface area (Å²) in [4.78, 5) is 15.9. The van der Waals surface area contributed by atoms with Gasteiger partial charge in [-0.05, 0) is 36.5 Å². The predicted molar refractivity (Wildman–Crippen MR) is 82.1 cm³/mol. The van der Waals surface area contributed by atoms with Crippen LogP contribution in [0.3, 0.4) is 0 Å². The fourth-order valence-electron chi connectivity index (χ4n) is 1.39. The van der Waals surface area contributed by atoms with Gasteiger partial charge in [-0.2, -0.15) is 0 Å². The van der Waals surface area contributed by atoms with Crippen LogP contribution in [0.5, 0.6) is 0 Å². The van der Waals surface area contributed by atoms with Gasteiger partial charge in [0.25, 0.3) is 5.91 Å². The third-order valence-corrected chi connectivity index (χ3v) is 2.92. The van der Waals surface area contributed by atoms with Crippen LogP contribution in [-0.2, 0) is 0 Å². The van der Waals surface area contributed by atoms with Crippen LogP contribution >= 0.6 is 28.1 Å². The van der Waals surface area contributed by atoms with Gasteiger partial charge in [-0.25, -0.2) is 4.98 Å². The van der Waals surface area contributed by atoms with Crippen LogP contribution in [0.1, 0.15) is 10.4 Å². The van der Waals surface area contributed by atoms with E-state index in [0.717, 1.165) is 4.47 Å². The maximum Gasteiger partial charge on any atom is 0.257 e. The number of amides is 1. The molecular weight excluding hydrogens is 326 g/mol. The van der Waals surface area contributed by atoms with Gasteiger partial charge in [0.1, 0.15) is 5.82 Å². The van der Waals surface area contributed by atoms with E-state index >= 15 is 0 Å². The number of pyridine rings is 1. The molecule has 0 bridgehead atoms. The Hall–Kier alpha value is -1.79. The Labute approximate surface area is 124 Å². The van der Waals surface area contributed by atoms with Crippen LogP contribution in [0.4, 0.5) is 5.82 Å². The van der Waals surface area contributed by atoms with E-state index < -0.39 is 0 Å². The van der Waals surface area contributed by atoms with E-state index in [1.54, 1.807) is 42.6 Å². The second kappa shape index (κ2) is 6.40. The molecule has 96 valence electrons. The van der Waals surface area contributed by atoms with Crippen LogP contribution in [0, 0.1) is 0 Å². The molecule has 0 atom stereocenters. The van der Waals surface area contributed by atoms with Gasteiger partial charge in [-0.1, -0.05) is 34.1 Å². The zero-order valence-electron chi connectivity index (χ0n) is 9.76. The van der Waals surface area contributed by atoms with Crippen molar-refractivity contribution in [2.75, 3.05) is 5.32 Å². The molecule has 1 heterocycles. The van der Waals surface area contributed by atoms with Crippen LogP contribution in [0.25, 0.3) is 0 Å². The fraction of sp³-hybridized carbons (Fsp3) is 0. The molecule has 4 nitrogen and oxygen atoms in total. The first-order chi connectivity index (χ1) is 9.15. The zero-order chi connectivity index (χ0) is 13.7. The van der Waals surface area contributed by atoms with E-state index in [1.165, 1.54) is 0 Å². The monoisotopic (exact) mass is 335 g/mol. The number of nitrogens with zero attached hydrogens (tertiary/aromatic N) is 1. The minimum atomic E-state index is -0.256. The number of rotatable bonds is 2. The highest BCUT2D eigenvalue weighted by molar-refractivity contribution is 9.10. The molecule has 0 spiro atoms. The molecule has 0 unspecified atom stereocenters. The first kappa shape index (κ1) is 13.6. The lowest BCUT2D eigenvalue weighted by Gasteiger charge is -2.08. The standard InChI is InChI=1S/C13H10BrN3OS/c14-10-6-7-15-11(8-10)16-13(19)17-12(18)9-4-2-1-3-5-9/h1-8H,(H2,15,16,17,18,19). The van der Waals surface area contributed by atoms with Crippen LogP contribution < -0.4 is 10.6 Å². The van der Waals surface area contributed by atoms with Crippen molar-refractivity contribution < 1.29 is 4.79 Å². The van der Waals surface area contributed by atoms with Gasteiger partial charge in [-0.15, -0.1) is 0 Å². The van der Waals surface area contributed by atoms with Crippen LogP contribution in [0.2, 0.25) is 0 Å². The number of nitrogens with one attached hydrogen (secondary N) is 2. The number of hydrogen-bond acceptors (Lipinski definition) is 3. The highest BCUT2D eigenvalue weighted by Crippen LogP contribution is 2.12. The number of aromatic nitrogens is 1. The molecule has 0 aliphatic heterocycles. The summed E-state index contributed by atoms with van der Waals surface area (Å²) >= 11 is 8.39. The summed E-state index contributed by atoms with van der Waals surface area (Å²) in [6.45, 7) is 0. The normalized spacial score (nSPS) is 9.74. The molecule has 2 rings (SSSR count). The maximum absolute atomic E-state index is 11.8. The van der Waals surface area contributed by atoms with Crippen LogP contribution in [0.15, 0.2) is 53.1 Å². The Morgan fingerprint density at radius 2 is 1.95 bits per heavy atom. The van der Waals surface area contributed by atoms with E-state index in [-0.39, 0.29) is 11.0 Å². The summed E-state index contributed by atoms with van der Waals surface area (Å²) in [5.74, 6) is 0.306. The number of hydrogen-bond donors (Lipinski definition) is 2. The lowest BCUT2D eigenvalue weighted by molar-refractivity contribution is 0.0978. The molecule has 2 N–H and O–H groups in total. The molecule has 0 saturated heterocycles. The Kier molecular flexibility index (Phi) is 4.59. The van der Waals surface area contributed by atoms with Crippen molar-refractivity contribution in [1.82, 2.24) is 10.3 Å². The molecule has 0 aliphatic rings. The van der Waals surface area contributed by atoms with Crippen LogP contribution in [-0.4, -0.2) is 16.0 Å². The number of benzene rings is 1. The number of carbonyl (C=O) groups excluding carboxylic acids is 1. The Balaban J connectivity index is 1.97. The average molecular weight is 336 g/mol. The highest BCUT2D eigenvalue weighted by atomic mass is 79.9. The lowest BCUT2D eigenvalue weighted by atomic mass is 10.2. The van der Waals surface area contributed by atoms with Gasteiger partial charge in [-0.3, -0.25) is 10.1 Å². The molecule has 0 radical (unpaired) electrons. The topological polar surface area (TPSA) is 54.0 Å². The molecule has 0 saturated carbocycles. The summed E-state index contributed by atoms with van der Waals surface area (Å²) in [5, 5.41) is 5.64. The van der Waals surface area contributed by atoms with E-state index in [0.29, 0.717) is 11.4 Å². The fourth-order valence-corrected chi connectivity index (χ4v) is 1.92. The summed E-state index contributed by atoms with van der Waals surface area (Å²) in [7, 11) is 0. The molecular formula is C13H10BrN3OS. The Morgan fingerprint density at radius 3 is 2.63 bits per heavy atom. The van der Waals surface area contributed by atoms with Crippen molar-refractivity contribution in [2.45, 2.75) is 0 Å². The van der Waals surface area contributed by atoms with E-state index in [1.807, 2.05) is 6.07 Å². The highest BCUT2D eigenvalue weighted by Gasteiger charge is 2.07. The van der Waals surface area contributed by atoms with Crippen molar-refractivity contribution in [3.05, 3.63) is 58.7 Å². The molecule has 0 fully saturated rings. The molecule has 1 aromatic carbocycles. The van der Waals surface area contributed by atoms with Crippen molar-refractivity contribution in [3.63, 3.8) is 0 Å². The first-order valence-electron chi connectivity index (χ1n) is 5.44. The second-order valence-corrected chi connectivity index (χ2v) is 4.96. The van der Waals surface area contributed by atoms with Gasteiger partial charge in [0.2, 0.25) is 0 Å². The van der Waals surface area contributed by atoms with E-state index in [4.69, 9.17) is 12.2 Å². The third-order valence-electron chi connectivity index (χ3n) is 2.23. The Bertz CT molecular complexity index is 604. The second-order valence-electron chi connectivity index (χ2n) is 3.63. The molecule has 1 aromatic heterocycles. The van der Waals surface area contributed by atoms with Crippen molar-refractivity contribution in [2.24, 2.45) is 0 Å². The van der Waals surface area contributed by atoms with Gasteiger partial charge in [0, 0.05) is 16.2 Å². The van der Waals surface area contributed by atoms with Gasteiger partial charge in [0.15, 0.2) is 5.11 Å². The summed E-state index contributed by atoms with van der Waals surface area (Å²) in [5.41, 5.74) is 0.550. The van der Waals surface area contributed by atoms with Gasteiger partial charge in [0.05, 0.1) is 0 Å². The zero-order valence-corrected chi connectivity index (χ0v) is 12.2. The lowest BCUT2D eigenvalue weighted by Crippen LogP contribution is -2.34. The summed E-state index contributed by atoms with van der Waals surface area (Å²) in [6.07, 6.45) is 1.63. The number of anilines is 1. The van der Waals surface area contributed by atoms with Gasteiger partial charge >= 0.3 is 0 Å². The predicted octanol–water partition coefficient (Wildman–Crippen LogP) is 2.97. The first-order valence-corrected chi connectivity index (χ1v) is 6.64. The van der Waals surface area contributed by atoms with Crippen molar-refractivity contribution in [3.8, 4) is 0 Å². The molecule has 1 amide bonds. The average Bonchev–Trinajstić information content (AvgIpc) is 2.39. The summed E-state index contributed by atoms with van der Waals surface area (Å²) in [6, 6.07) is 12.4. The van der Waals surface area contributed by atoms with E-state index in [2.05, 4.69) is 31.5 Å². The van der Waals surface area contributed by atoms with Crippen molar-refractivity contribution in [1.29, 1.82) is 0 Å². The minimum absolute atomic E-state index is 0.208. The Morgan fingerprint density at radius 1 is 1.21 bits per heavy atom. The quantitative estimate of drug-likeness (QED) is 0.828. The summed E-state index contributed by atoms with van der Waals surface area (Å²) < 4.78 is 0.877. The molecule has 19 heavy (non-hydrogen) atoms. The molecule has 2 aromatic rings. The van der Waals surface area contributed by atoms with Gasteiger partial charge < -0.3 is 5.32 Å². The van der Waals surface area contributed by atoms with Crippen molar-refractivity contribution >= 4 is 45.0 Å². The SMILES string of the molecule is O=C(NC(=S)Nc1cc(Br)ccn1)c1ccccc1. The van der Waals surface area contributed by atoms with E-state index in [9.17, 15) is 4.79 Å².